The number of fused-ring (bicyclic) bond motifs is 3. The Morgan fingerprint density at radius 3 is 3.47 bits per heavy atom. The summed E-state index contributed by atoms with van der Waals surface area (Å²) in [5, 5.41) is 8.58. The summed E-state index contributed by atoms with van der Waals surface area (Å²) in [5.41, 5.74) is 1.83. The van der Waals surface area contributed by atoms with E-state index in [2.05, 4.69) is 10.4 Å². The van der Waals surface area contributed by atoms with Gasteiger partial charge in [-0.2, -0.15) is 0 Å². The van der Waals surface area contributed by atoms with Gasteiger partial charge in [0.25, 0.3) is 0 Å². The van der Waals surface area contributed by atoms with Gasteiger partial charge in [0.1, 0.15) is 6.10 Å². The first-order valence-electron chi connectivity index (χ1n) is 5.10. The Morgan fingerprint density at radius 2 is 2.60 bits per heavy atom. The minimum atomic E-state index is 0.0753. The Labute approximate surface area is 87.0 Å². The first-order chi connectivity index (χ1) is 7.40. The van der Waals surface area contributed by atoms with Crippen molar-refractivity contribution in [1.29, 1.82) is 0 Å². The molecule has 5 heteroatoms. The lowest BCUT2D eigenvalue weighted by Crippen LogP contribution is -2.28. The molecule has 1 aliphatic rings. The predicted molar refractivity (Wildman–Crippen MR) is 54.6 cm³/mol. The predicted octanol–water partition coefficient (Wildman–Crippen LogP) is 0.920. The number of furan rings is 1. The van der Waals surface area contributed by atoms with Crippen LogP contribution >= 0.6 is 0 Å². The summed E-state index contributed by atoms with van der Waals surface area (Å²) in [7, 11) is 1.92. The van der Waals surface area contributed by atoms with Crippen molar-refractivity contribution >= 4 is 11.1 Å². The Kier molecular flexibility index (Phi) is 2.00. The molecule has 5 nitrogen and oxygen atoms in total. The Hall–Kier alpha value is -1.33. The SMILES string of the molecule is CNC[C@H]1OCCn2nc3occc3c21. The lowest BCUT2D eigenvalue weighted by Gasteiger charge is -2.24. The topological polar surface area (TPSA) is 52.2 Å². The van der Waals surface area contributed by atoms with Gasteiger partial charge in [-0.3, -0.25) is 4.68 Å². The summed E-state index contributed by atoms with van der Waals surface area (Å²) in [5.74, 6) is 0. The number of aromatic nitrogens is 2. The summed E-state index contributed by atoms with van der Waals surface area (Å²) >= 11 is 0. The van der Waals surface area contributed by atoms with Gasteiger partial charge in [0.2, 0.25) is 5.71 Å². The normalized spacial score (nSPS) is 20.7. The number of hydrogen-bond acceptors (Lipinski definition) is 4. The van der Waals surface area contributed by atoms with Gasteiger partial charge in [-0.05, 0) is 13.1 Å². The number of nitrogens with zero attached hydrogens (tertiary/aromatic N) is 2. The minimum absolute atomic E-state index is 0.0753. The van der Waals surface area contributed by atoms with Crippen LogP contribution in [0.3, 0.4) is 0 Å². The standard InChI is InChI=1S/C10H13N3O2/c1-11-6-8-9-7-2-4-15-10(7)12-13(9)3-5-14-8/h2,4,8,11H,3,5-6H2,1H3/t8-/m1/s1. The van der Waals surface area contributed by atoms with Crippen molar-refractivity contribution < 1.29 is 9.15 Å². The van der Waals surface area contributed by atoms with Crippen LogP contribution in [0.1, 0.15) is 11.8 Å². The first kappa shape index (κ1) is 8.94. The molecule has 0 saturated heterocycles. The number of nitrogens with one attached hydrogen (secondary N) is 1. The maximum atomic E-state index is 5.72. The second kappa shape index (κ2) is 3.36. The van der Waals surface area contributed by atoms with E-state index in [0.29, 0.717) is 12.3 Å². The quantitative estimate of drug-likeness (QED) is 0.795. The molecule has 0 saturated carbocycles. The van der Waals surface area contributed by atoms with E-state index >= 15 is 0 Å². The van der Waals surface area contributed by atoms with Gasteiger partial charge in [-0.15, -0.1) is 5.10 Å². The van der Waals surface area contributed by atoms with Gasteiger partial charge in [-0.1, -0.05) is 0 Å². The number of ether oxygens (including phenoxy) is 1. The molecule has 3 rings (SSSR count). The van der Waals surface area contributed by atoms with Gasteiger partial charge in [0.05, 0.1) is 30.5 Å². The highest BCUT2D eigenvalue weighted by Gasteiger charge is 2.25. The molecule has 0 unspecified atom stereocenters. The van der Waals surface area contributed by atoms with Crippen molar-refractivity contribution in [2.24, 2.45) is 0 Å². The van der Waals surface area contributed by atoms with Gasteiger partial charge in [0.15, 0.2) is 0 Å². The van der Waals surface area contributed by atoms with Crippen LogP contribution in [0.2, 0.25) is 0 Å². The summed E-state index contributed by atoms with van der Waals surface area (Å²) in [4.78, 5) is 0. The molecule has 0 fully saturated rings. The third-order valence-electron chi connectivity index (χ3n) is 2.73. The molecule has 1 aliphatic heterocycles. The molecule has 0 aromatic carbocycles. The molecule has 0 spiro atoms. The average molecular weight is 207 g/mol. The summed E-state index contributed by atoms with van der Waals surface area (Å²) in [6.07, 6.45) is 1.75. The van der Waals surface area contributed by atoms with Crippen molar-refractivity contribution in [2.45, 2.75) is 12.6 Å². The van der Waals surface area contributed by atoms with E-state index in [1.165, 1.54) is 0 Å². The van der Waals surface area contributed by atoms with E-state index in [4.69, 9.17) is 9.15 Å². The molecule has 0 amide bonds. The highest BCUT2D eigenvalue weighted by atomic mass is 16.5. The molecular formula is C10H13N3O2. The Bertz CT molecular complexity index is 474. The summed E-state index contributed by atoms with van der Waals surface area (Å²) in [6.45, 7) is 2.31. The third-order valence-corrected chi connectivity index (χ3v) is 2.73. The maximum Gasteiger partial charge on any atom is 0.245 e. The largest absolute Gasteiger partial charge is 0.445 e. The lowest BCUT2D eigenvalue weighted by molar-refractivity contribution is 0.0194. The molecule has 15 heavy (non-hydrogen) atoms. The van der Waals surface area contributed by atoms with Crippen molar-refractivity contribution in [3.63, 3.8) is 0 Å². The van der Waals surface area contributed by atoms with Crippen molar-refractivity contribution in [2.75, 3.05) is 20.2 Å². The Morgan fingerprint density at radius 1 is 1.67 bits per heavy atom. The van der Waals surface area contributed by atoms with Crippen LogP contribution in [0.25, 0.3) is 11.1 Å². The van der Waals surface area contributed by atoms with Crippen LogP contribution in [-0.2, 0) is 11.3 Å². The highest BCUT2D eigenvalue weighted by Crippen LogP contribution is 2.29. The van der Waals surface area contributed by atoms with Gasteiger partial charge in [-0.25, -0.2) is 0 Å². The zero-order valence-electron chi connectivity index (χ0n) is 8.56. The highest BCUT2D eigenvalue weighted by molar-refractivity contribution is 5.77. The monoisotopic (exact) mass is 207 g/mol. The van der Waals surface area contributed by atoms with E-state index in [1.54, 1.807) is 6.26 Å². The van der Waals surface area contributed by atoms with E-state index < -0.39 is 0 Å². The van der Waals surface area contributed by atoms with Gasteiger partial charge in [0, 0.05) is 6.54 Å². The first-order valence-corrected chi connectivity index (χ1v) is 5.10. The van der Waals surface area contributed by atoms with Crippen LogP contribution < -0.4 is 5.32 Å². The molecule has 0 radical (unpaired) electrons. The summed E-state index contributed by atoms with van der Waals surface area (Å²) < 4.78 is 13.0. The molecule has 0 bridgehead atoms. The zero-order valence-corrected chi connectivity index (χ0v) is 8.56. The van der Waals surface area contributed by atoms with Crippen LogP contribution in [0, 0.1) is 0 Å². The molecular weight excluding hydrogens is 194 g/mol. The van der Waals surface area contributed by atoms with E-state index in [0.717, 1.165) is 24.2 Å². The summed E-state index contributed by atoms with van der Waals surface area (Å²) in [6, 6.07) is 1.95. The molecule has 2 aromatic rings. The third kappa shape index (κ3) is 1.27. The lowest BCUT2D eigenvalue weighted by atomic mass is 10.1. The molecule has 1 atom stereocenters. The molecule has 2 aromatic heterocycles. The maximum absolute atomic E-state index is 5.72. The van der Waals surface area contributed by atoms with E-state index in [-0.39, 0.29) is 6.10 Å². The van der Waals surface area contributed by atoms with E-state index in [1.807, 2.05) is 17.8 Å². The second-order valence-corrected chi connectivity index (χ2v) is 3.66. The molecule has 0 aliphatic carbocycles. The minimum Gasteiger partial charge on any atom is -0.445 e. The number of hydrogen-bond donors (Lipinski definition) is 1. The van der Waals surface area contributed by atoms with Crippen LogP contribution in [0.4, 0.5) is 0 Å². The van der Waals surface area contributed by atoms with E-state index in [9.17, 15) is 0 Å². The average Bonchev–Trinajstić information content (AvgIpc) is 2.77. The van der Waals surface area contributed by atoms with Gasteiger partial charge >= 0.3 is 0 Å². The van der Waals surface area contributed by atoms with Crippen LogP contribution in [-0.4, -0.2) is 30.0 Å². The number of rotatable bonds is 2. The van der Waals surface area contributed by atoms with Crippen molar-refractivity contribution in [3.05, 3.63) is 18.0 Å². The van der Waals surface area contributed by atoms with Crippen LogP contribution in [0.5, 0.6) is 0 Å². The smallest absolute Gasteiger partial charge is 0.245 e. The molecule has 3 heterocycles. The fourth-order valence-corrected chi connectivity index (χ4v) is 2.09. The van der Waals surface area contributed by atoms with Crippen molar-refractivity contribution in [1.82, 2.24) is 15.1 Å². The number of likely N-dealkylation sites (N-methyl/N-ethyl adjacent to an activating group) is 1. The van der Waals surface area contributed by atoms with Crippen molar-refractivity contribution in [3.8, 4) is 0 Å². The fraction of sp³-hybridized carbons (Fsp3) is 0.500. The second-order valence-electron chi connectivity index (χ2n) is 3.66. The van der Waals surface area contributed by atoms with Gasteiger partial charge < -0.3 is 14.5 Å². The van der Waals surface area contributed by atoms with Crippen LogP contribution in [0.15, 0.2) is 16.7 Å². The Balaban J connectivity index is 2.13. The molecule has 1 N–H and O–H groups in total. The molecule has 80 valence electrons. The fourth-order valence-electron chi connectivity index (χ4n) is 2.09. The zero-order chi connectivity index (χ0) is 10.3.